The van der Waals surface area contributed by atoms with Gasteiger partial charge in [0.2, 0.25) is 0 Å². The first kappa shape index (κ1) is 10.5. The second-order valence-electron chi connectivity index (χ2n) is 3.31. The quantitative estimate of drug-likeness (QED) is 0.637. The van der Waals surface area contributed by atoms with Crippen molar-refractivity contribution in [2.45, 2.75) is 46.3 Å². The van der Waals surface area contributed by atoms with E-state index in [1.165, 1.54) is 0 Å². The third kappa shape index (κ3) is 4.04. The average Bonchev–Trinajstić information content (AvgIpc) is 1.85. The lowest BCUT2D eigenvalue weighted by molar-refractivity contribution is -0.0534. The summed E-state index contributed by atoms with van der Waals surface area (Å²) >= 11 is 0. The Hall–Kier alpha value is -0.500. The lowest BCUT2D eigenvalue weighted by Gasteiger charge is -2.26. The Morgan fingerprint density at radius 3 is 2.27 bits per heavy atom. The molecule has 0 heterocycles. The van der Waals surface area contributed by atoms with Gasteiger partial charge in [-0.15, -0.1) is 0 Å². The number of allylic oxidation sites excluding steroid dienone is 2. The van der Waals surface area contributed by atoms with E-state index in [4.69, 9.17) is 4.74 Å². The minimum absolute atomic E-state index is 0.168. The summed E-state index contributed by atoms with van der Waals surface area (Å²) in [6.07, 6.45) is 1.71. The molecular weight excluding hydrogens is 140 g/mol. The van der Waals surface area contributed by atoms with Crippen LogP contribution in [0.5, 0.6) is 0 Å². The maximum Gasteiger partial charge on any atom is 0.123 e. The van der Waals surface area contributed by atoms with Gasteiger partial charge in [-0.05, 0) is 40.7 Å². The summed E-state index contributed by atoms with van der Waals surface area (Å²) in [5.74, 6) is 0.847. The van der Waals surface area contributed by atoms with Gasteiger partial charge in [0.05, 0.1) is 11.4 Å². The van der Waals surface area contributed by atoms with Crippen LogP contribution in [0.3, 0.4) is 0 Å². The molecule has 2 nitrogen and oxygen atoms in total. The van der Waals surface area contributed by atoms with Crippen molar-refractivity contribution >= 4 is 0 Å². The van der Waals surface area contributed by atoms with Crippen LogP contribution in [-0.4, -0.2) is 16.8 Å². The Morgan fingerprint density at radius 2 is 2.00 bits per heavy atom. The molecule has 0 saturated carbocycles. The van der Waals surface area contributed by atoms with Gasteiger partial charge in [-0.3, -0.25) is 0 Å². The molecule has 0 aliphatic heterocycles. The Kier molecular flexibility index (Phi) is 3.59. The Morgan fingerprint density at radius 1 is 1.55 bits per heavy atom. The smallest absolute Gasteiger partial charge is 0.123 e. The molecule has 0 rings (SSSR count). The highest BCUT2D eigenvalue weighted by Gasteiger charge is 2.23. The zero-order valence-corrected chi connectivity index (χ0v) is 8.01. The molecule has 0 fully saturated rings. The van der Waals surface area contributed by atoms with Crippen molar-refractivity contribution in [2.75, 3.05) is 0 Å². The van der Waals surface area contributed by atoms with Crippen LogP contribution in [0.4, 0.5) is 0 Å². The molecule has 0 amide bonds. The molecule has 0 unspecified atom stereocenters. The van der Waals surface area contributed by atoms with E-state index >= 15 is 0 Å². The molecule has 1 N–H and O–H groups in total. The first-order chi connectivity index (χ1) is 4.88. The van der Waals surface area contributed by atoms with Gasteiger partial charge in [-0.25, -0.2) is 0 Å². The largest absolute Gasteiger partial charge is 0.493 e. The minimum Gasteiger partial charge on any atom is -0.493 e. The zero-order chi connectivity index (χ0) is 9.07. The van der Waals surface area contributed by atoms with Crippen molar-refractivity contribution in [1.82, 2.24) is 0 Å². The molecule has 0 aromatic rings. The summed E-state index contributed by atoms with van der Waals surface area (Å²) < 4.78 is 5.38. The maximum absolute atomic E-state index is 9.48. The minimum atomic E-state index is -0.774. The first-order valence-corrected chi connectivity index (χ1v) is 3.90. The van der Waals surface area contributed by atoms with Crippen LogP contribution >= 0.6 is 0 Å². The Labute approximate surface area is 68.9 Å². The van der Waals surface area contributed by atoms with Crippen molar-refractivity contribution in [3.8, 4) is 0 Å². The molecule has 0 aromatic carbocycles. The molecule has 1 atom stereocenters. The molecule has 0 aromatic heterocycles. The number of aliphatic hydroxyl groups is 1. The van der Waals surface area contributed by atoms with E-state index in [1.54, 1.807) is 13.8 Å². The number of hydrogen-bond acceptors (Lipinski definition) is 2. The van der Waals surface area contributed by atoms with E-state index in [9.17, 15) is 5.11 Å². The molecular formula is C9H18O2. The van der Waals surface area contributed by atoms with Crippen LogP contribution in [0.15, 0.2) is 11.8 Å². The van der Waals surface area contributed by atoms with E-state index in [-0.39, 0.29) is 6.10 Å². The summed E-state index contributed by atoms with van der Waals surface area (Å²) in [5, 5.41) is 9.48. The second-order valence-corrected chi connectivity index (χ2v) is 3.31. The van der Waals surface area contributed by atoms with E-state index in [2.05, 4.69) is 0 Å². The van der Waals surface area contributed by atoms with Crippen molar-refractivity contribution < 1.29 is 9.84 Å². The highest BCUT2D eigenvalue weighted by Crippen LogP contribution is 2.14. The van der Waals surface area contributed by atoms with Crippen molar-refractivity contribution in [3.63, 3.8) is 0 Å². The lowest BCUT2D eigenvalue weighted by atomic mass is 10.0. The van der Waals surface area contributed by atoms with Crippen LogP contribution in [0.1, 0.15) is 34.6 Å². The standard InChI is InChI=1S/C9H18O2/c1-6-7(2)11-8(3)9(4,5)10/h6,8,10H,1-5H3/b7-6+/t8-/m0/s1. The molecule has 66 valence electrons. The second kappa shape index (κ2) is 3.77. The van der Waals surface area contributed by atoms with Crippen LogP contribution in [0.25, 0.3) is 0 Å². The fourth-order valence-corrected chi connectivity index (χ4v) is 0.491. The summed E-state index contributed by atoms with van der Waals surface area (Å²) in [6.45, 7) is 9.11. The SMILES string of the molecule is C/C=C(\C)O[C@@H](C)C(C)(C)O. The van der Waals surface area contributed by atoms with Gasteiger partial charge in [-0.2, -0.15) is 0 Å². The van der Waals surface area contributed by atoms with Gasteiger partial charge in [0.15, 0.2) is 0 Å². The maximum atomic E-state index is 9.48. The van der Waals surface area contributed by atoms with Gasteiger partial charge in [0.25, 0.3) is 0 Å². The van der Waals surface area contributed by atoms with Gasteiger partial charge in [-0.1, -0.05) is 0 Å². The van der Waals surface area contributed by atoms with Crippen LogP contribution in [-0.2, 0) is 4.74 Å². The predicted octanol–water partition coefficient (Wildman–Crippen LogP) is 2.09. The summed E-state index contributed by atoms with van der Waals surface area (Å²) in [7, 11) is 0. The number of rotatable bonds is 3. The van der Waals surface area contributed by atoms with Gasteiger partial charge in [0.1, 0.15) is 6.10 Å². The molecule has 0 radical (unpaired) electrons. The molecule has 11 heavy (non-hydrogen) atoms. The van der Waals surface area contributed by atoms with Crippen LogP contribution in [0.2, 0.25) is 0 Å². The molecule has 0 saturated heterocycles. The summed E-state index contributed by atoms with van der Waals surface area (Å²) in [5.41, 5.74) is -0.774. The monoisotopic (exact) mass is 158 g/mol. The van der Waals surface area contributed by atoms with Gasteiger partial charge < -0.3 is 9.84 Å². The van der Waals surface area contributed by atoms with Crippen LogP contribution in [0, 0.1) is 0 Å². The fourth-order valence-electron chi connectivity index (χ4n) is 0.491. The van der Waals surface area contributed by atoms with Crippen molar-refractivity contribution in [2.24, 2.45) is 0 Å². The third-order valence-electron chi connectivity index (χ3n) is 1.76. The highest BCUT2D eigenvalue weighted by atomic mass is 16.5. The predicted molar refractivity (Wildman–Crippen MR) is 46.3 cm³/mol. The van der Waals surface area contributed by atoms with E-state index in [1.807, 2.05) is 26.8 Å². The molecule has 0 aliphatic rings. The van der Waals surface area contributed by atoms with E-state index < -0.39 is 5.60 Å². The topological polar surface area (TPSA) is 29.5 Å². The highest BCUT2D eigenvalue weighted by molar-refractivity contribution is 4.88. The van der Waals surface area contributed by atoms with Crippen molar-refractivity contribution in [3.05, 3.63) is 11.8 Å². The van der Waals surface area contributed by atoms with Gasteiger partial charge >= 0.3 is 0 Å². The van der Waals surface area contributed by atoms with Crippen LogP contribution < -0.4 is 0 Å². The normalized spacial score (nSPS) is 16.4. The number of ether oxygens (including phenoxy) is 1. The Balaban J connectivity index is 3.98. The van der Waals surface area contributed by atoms with E-state index in [0.717, 1.165) is 5.76 Å². The average molecular weight is 158 g/mol. The number of hydrogen-bond donors (Lipinski definition) is 1. The molecule has 2 heteroatoms. The van der Waals surface area contributed by atoms with Gasteiger partial charge in [0, 0.05) is 0 Å². The van der Waals surface area contributed by atoms with Crippen molar-refractivity contribution in [1.29, 1.82) is 0 Å². The third-order valence-corrected chi connectivity index (χ3v) is 1.76. The fraction of sp³-hybridized carbons (Fsp3) is 0.778. The molecule has 0 spiro atoms. The summed E-state index contributed by atoms with van der Waals surface area (Å²) in [4.78, 5) is 0. The molecule has 0 bridgehead atoms. The molecule has 0 aliphatic carbocycles. The summed E-state index contributed by atoms with van der Waals surface area (Å²) in [6, 6.07) is 0. The first-order valence-electron chi connectivity index (χ1n) is 3.90. The lowest BCUT2D eigenvalue weighted by Crippen LogP contribution is -2.35. The Bertz CT molecular complexity index is 142. The zero-order valence-electron chi connectivity index (χ0n) is 8.01. The van der Waals surface area contributed by atoms with E-state index in [0.29, 0.717) is 0 Å².